The van der Waals surface area contributed by atoms with Crippen molar-refractivity contribution in [2.45, 2.75) is 96.7 Å². The van der Waals surface area contributed by atoms with Crippen LogP contribution in [0.5, 0.6) is 0 Å². The molecule has 1 saturated heterocycles. The number of hydrogen-bond donors (Lipinski definition) is 4. The maximum atomic E-state index is 14.0. The normalized spacial score (nSPS) is 35.3. The maximum absolute atomic E-state index is 14.0. The zero-order valence-electron chi connectivity index (χ0n) is 21.0. The quantitative estimate of drug-likeness (QED) is 0.342. The fourth-order valence-corrected chi connectivity index (χ4v) is 6.23. The Morgan fingerprint density at radius 1 is 1.09 bits per heavy atom. The lowest BCUT2D eigenvalue weighted by Gasteiger charge is -2.53. The minimum Gasteiger partial charge on any atom is -0.481 e. The van der Waals surface area contributed by atoms with Crippen molar-refractivity contribution in [1.29, 1.82) is 0 Å². The van der Waals surface area contributed by atoms with Gasteiger partial charge in [0.1, 0.15) is 6.17 Å². The minimum absolute atomic E-state index is 0.0109. The molecule has 7 heteroatoms. The lowest BCUT2D eigenvalue weighted by Crippen LogP contribution is -2.62. The Morgan fingerprint density at radius 3 is 2.21 bits per heavy atom. The Kier molecular flexibility index (Phi) is 11.3. The van der Waals surface area contributed by atoms with Crippen molar-refractivity contribution < 1.29 is 29.2 Å². The summed E-state index contributed by atoms with van der Waals surface area (Å²) in [5.41, 5.74) is 0. The molecule has 2 aliphatic rings. The van der Waals surface area contributed by atoms with E-state index in [1.54, 1.807) is 13.2 Å². The van der Waals surface area contributed by atoms with Crippen molar-refractivity contribution in [2.24, 2.45) is 35.5 Å². The van der Waals surface area contributed by atoms with Gasteiger partial charge < -0.3 is 25.4 Å². The molecule has 0 aromatic rings. The number of hydrogen-bond acceptors (Lipinski definition) is 5. The molecule has 0 radical (unpaired) electrons. The van der Waals surface area contributed by atoms with Gasteiger partial charge >= 0.3 is 5.97 Å². The van der Waals surface area contributed by atoms with E-state index in [4.69, 9.17) is 9.84 Å². The Morgan fingerprint density at radius 2 is 1.70 bits per heavy atom. The van der Waals surface area contributed by atoms with Gasteiger partial charge in [-0.1, -0.05) is 39.8 Å². The number of aliphatic carboxylic acids is 1. The molecule has 192 valence electrons. The van der Waals surface area contributed by atoms with Crippen LogP contribution in [0.25, 0.3) is 0 Å². The molecule has 1 aliphatic carbocycles. The number of methoxy groups -OCH3 is 1. The van der Waals surface area contributed by atoms with Crippen LogP contribution in [-0.4, -0.2) is 65.5 Å². The van der Waals surface area contributed by atoms with Crippen molar-refractivity contribution in [2.75, 3.05) is 13.7 Å². The Bertz CT molecular complexity index is 620. The average Bonchev–Trinajstić information content (AvgIpc) is 2.72. The third-order valence-corrected chi connectivity index (χ3v) is 7.72. The zero-order valence-corrected chi connectivity index (χ0v) is 21.0. The van der Waals surface area contributed by atoms with E-state index < -0.39 is 24.3 Å². The van der Waals surface area contributed by atoms with E-state index in [1.165, 1.54) is 0 Å². The molecular formula is C26H46FNO5. The monoisotopic (exact) mass is 471 g/mol. The van der Waals surface area contributed by atoms with Crippen molar-refractivity contribution in [3.8, 4) is 0 Å². The highest BCUT2D eigenvalue weighted by molar-refractivity contribution is 5.67. The second-order valence-corrected chi connectivity index (χ2v) is 10.9. The molecule has 0 spiro atoms. The number of halogens is 1. The standard InChI is InChI=1S/C26H46FNO5/c1-15(2)25-21(11-10-19(29)12-20(30)13-23(31)32)24(17-6-8-18(27)9-7-17)22(14-33-5)26(28-25)16(3)4/h10-11,15-22,24-26,28-30H,6-9,12-14H2,1-5H3,(H,31,32)/b11-10+/t17?,18?,19?,20-,21?,22?,24?,25?,26?/m1/s1. The minimum atomic E-state index is -1.09. The Labute approximate surface area is 199 Å². The number of carbonyl (C=O) groups is 1. The fourth-order valence-electron chi connectivity index (χ4n) is 6.23. The number of aliphatic hydroxyl groups is 2. The first-order chi connectivity index (χ1) is 15.5. The number of carboxylic acids is 1. The van der Waals surface area contributed by atoms with Crippen LogP contribution in [0.2, 0.25) is 0 Å². The number of nitrogens with one attached hydrogen (secondary N) is 1. The SMILES string of the molecule is COCC1C(C(C)C)NC(C(C)C)C(/C=C/C(O)C[C@@H](O)CC(=O)O)C1C1CCC(F)CC1. The predicted octanol–water partition coefficient (Wildman–Crippen LogP) is 3.80. The van der Waals surface area contributed by atoms with Gasteiger partial charge in [0.25, 0.3) is 0 Å². The van der Waals surface area contributed by atoms with Crippen LogP contribution in [0.3, 0.4) is 0 Å². The van der Waals surface area contributed by atoms with Crippen LogP contribution in [0, 0.1) is 35.5 Å². The predicted molar refractivity (Wildman–Crippen MR) is 128 cm³/mol. The van der Waals surface area contributed by atoms with Crippen LogP contribution in [0.15, 0.2) is 12.2 Å². The van der Waals surface area contributed by atoms with Crippen molar-refractivity contribution in [3.63, 3.8) is 0 Å². The lowest BCUT2D eigenvalue weighted by atomic mass is 9.59. The lowest BCUT2D eigenvalue weighted by molar-refractivity contribution is -0.139. The number of alkyl halides is 1. The zero-order chi connectivity index (χ0) is 24.7. The molecule has 1 saturated carbocycles. The second kappa shape index (κ2) is 13.2. The van der Waals surface area contributed by atoms with E-state index in [9.17, 15) is 19.4 Å². The number of carboxylic acid groups (broad SMARTS) is 1. The highest BCUT2D eigenvalue weighted by Crippen LogP contribution is 2.46. The third kappa shape index (κ3) is 8.01. The summed E-state index contributed by atoms with van der Waals surface area (Å²) < 4.78 is 19.7. The summed E-state index contributed by atoms with van der Waals surface area (Å²) in [5, 5.41) is 33.2. The van der Waals surface area contributed by atoms with Crippen LogP contribution < -0.4 is 5.32 Å². The largest absolute Gasteiger partial charge is 0.481 e. The van der Waals surface area contributed by atoms with E-state index in [0.717, 1.165) is 12.8 Å². The van der Waals surface area contributed by atoms with Gasteiger partial charge in [-0.25, -0.2) is 4.39 Å². The molecule has 7 atom stereocenters. The molecule has 4 N–H and O–H groups in total. The number of rotatable bonds is 11. The Balaban J connectivity index is 2.34. The van der Waals surface area contributed by atoms with Gasteiger partial charge in [0, 0.05) is 31.5 Å². The molecule has 0 aromatic carbocycles. The van der Waals surface area contributed by atoms with Gasteiger partial charge in [-0.2, -0.15) is 0 Å². The van der Waals surface area contributed by atoms with Gasteiger partial charge in [-0.05, 0) is 55.3 Å². The van der Waals surface area contributed by atoms with Crippen LogP contribution in [-0.2, 0) is 9.53 Å². The van der Waals surface area contributed by atoms with Crippen molar-refractivity contribution in [1.82, 2.24) is 5.32 Å². The topological polar surface area (TPSA) is 99.0 Å². The summed E-state index contributed by atoms with van der Waals surface area (Å²) in [6.45, 7) is 9.50. The van der Waals surface area contributed by atoms with Crippen LogP contribution in [0.4, 0.5) is 4.39 Å². The summed E-state index contributed by atoms with van der Waals surface area (Å²) >= 11 is 0. The third-order valence-electron chi connectivity index (χ3n) is 7.72. The molecule has 33 heavy (non-hydrogen) atoms. The van der Waals surface area contributed by atoms with Crippen molar-refractivity contribution in [3.05, 3.63) is 12.2 Å². The fraction of sp³-hybridized carbons (Fsp3) is 0.885. The van der Waals surface area contributed by atoms with Gasteiger partial charge in [-0.15, -0.1) is 0 Å². The number of piperidine rings is 1. The molecule has 2 fully saturated rings. The molecule has 1 heterocycles. The molecule has 6 nitrogen and oxygen atoms in total. The summed E-state index contributed by atoms with van der Waals surface area (Å²) in [5.74, 6) is 0.799. The van der Waals surface area contributed by atoms with E-state index in [0.29, 0.717) is 43.1 Å². The van der Waals surface area contributed by atoms with Crippen LogP contribution >= 0.6 is 0 Å². The summed E-state index contributed by atoms with van der Waals surface area (Å²) in [4.78, 5) is 10.8. The molecule has 6 unspecified atom stereocenters. The number of ether oxygens (including phenoxy) is 1. The maximum Gasteiger partial charge on any atom is 0.305 e. The summed E-state index contributed by atoms with van der Waals surface area (Å²) in [7, 11) is 1.74. The molecule has 0 bridgehead atoms. The molecule has 1 aliphatic heterocycles. The first kappa shape index (κ1) is 28.2. The van der Waals surface area contributed by atoms with Gasteiger partial charge in [-0.3, -0.25) is 4.79 Å². The Hall–Kier alpha value is -1.02. The molecule has 2 rings (SSSR count). The number of aliphatic hydroxyl groups excluding tert-OH is 2. The van der Waals surface area contributed by atoms with E-state index in [-0.39, 0.29) is 36.8 Å². The first-order valence-electron chi connectivity index (χ1n) is 12.7. The van der Waals surface area contributed by atoms with Gasteiger partial charge in [0.2, 0.25) is 0 Å². The van der Waals surface area contributed by atoms with Crippen LogP contribution in [0.1, 0.15) is 66.2 Å². The molecule has 0 amide bonds. The molecule has 0 aromatic heterocycles. The van der Waals surface area contributed by atoms with E-state index >= 15 is 0 Å². The first-order valence-corrected chi connectivity index (χ1v) is 12.7. The highest BCUT2D eigenvalue weighted by Gasteiger charge is 2.48. The van der Waals surface area contributed by atoms with E-state index in [1.807, 2.05) is 0 Å². The van der Waals surface area contributed by atoms with E-state index in [2.05, 4.69) is 39.1 Å². The second-order valence-electron chi connectivity index (χ2n) is 10.9. The molecular weight excluding hydrogens is 425 g/mol. The van der Waals surface area contributed by atoms with Gasteiger partial charge in [0.15, 0.2) is 0 Å². The smallest absolute Gasteiger partial charge is 0.305 e. The average molecular weight is 472 g/mol. The summed E-state index contributed by atoms with van der Waals surface area (Å²) in [6, 6.07) is 0.489. The highest BCUT2D eigenvalue weighted by atomic mass is 19.1. The van der Waals surface area contributed by atoms with Crippen molar-refractivity contribution >= 4 is 5.97 Å². The summed E-state index contributed by atoms with van der Waals surface area (Å²) in [6.07, 6.45) is 3.62. The van der Waals surface area contributed by atoms with Gasteiger partial charge in [0.05, 0.1) is 25.2 Å².